The van der Waals surface area contributed by atoms with Gasteiger partial charge in [-0.05, 0) is 89.5 Å². The summed E-state index contributed by atoms with van der Waals surface area (Å²) in [6, 6.07) is 5.05. The first-order valence-electron chi connectivity index (χ1n) is 20.8. The first kappa shape index (κ1) is 42.5. The van der Waals surface area contributed by atoms with E-state index < -0.39 is 89.7 Å². The largest absolute Gasteiger partial charge is 0.462 e. The zero-order valence-corrected chi connectivity index (χ0v) is 34.4. The van der Waals surface area contributed by atoms with Crippen LogP contribution in [0.5, 0.6) is 0 Å². The van der Waals surface area contributed by atoms with Crippen LogP contribution in [0, 0.1) is 17.3 Å². The Kier molecular flexibility index (Phi) is 12.1. The lowest BCUT2D eigenvalue weighted by atomic mass is 9.90. The molecule has 1 aromatic rings. The second-order valence-electron chi connectivity index (χ2n) is 18.3. The van der Waals surface area contributed by atoms with Crippen LogP contribution in [0.4, 0.5) is 0 Å². The Bertz CT molecular complexity index is 1880. The van der Waals surface area contributed by atoms with Crippen LogP contribution in [0.2, 0.25) is 0 Å². The number of esters is 4. The Balaban J connectivity index is 1.06. The third-order valence-corrected chi connectivity index (χ3v) is 11.8. The van der Waals surface area contributed by atoms with Crippen molar-refractivity contribution in [2.45, 2.75) is 140 Å². The van der Waals surface area contributed by atoms with Crippen LogP contribution in [0.25, 0.3) is 6.08 Å². The van der Waals surface area contributed by atoms with Gasteiger partial charge in [-0.2, -0.15) is 0 Å². The maximum Gasteiger partial charge on any atom is 0.348 e. The molecule has 0 spiro atoms. The second kappa shape index (κ2) is 16.8. The monoisotopic (exact) mass is 820 g/mol. The summed E-state index contributed by atoms with van der Waals surface area (Å²) in [6.45, 7) is 8.87. The molecule has 15 nitrogen and oxygen atoms in total. The van der Waals surface area contributed by atoms with Gasteiger partial charge in [0.25, 0.3) is 0 Å². The van der Waals surface area contributed by atoms with Gasteiger partial charge in [0.15, 0.2) is 5.79 Å². The van der Waals surface area contributed by atoms with Crippen molar-refractivity contribution in [3.63, 3.8) is 0 Å². The number of amides is 2. The number of hydrogen-bond donors (Lipinski definition) is 2. The van der Waals surface area contributed by atoms with Gasteiger partial charge in [0.1, 0.15) is 36.6 Å². The normalized spacial score (nSPS) is 27.7. The summed E-state index contributed by atoms with van der Waals surface area (Å²) in [5.74, 6) is -3.77. The molecule has 2 N–H and O–H groups in total. The van der Waals surface area contributed by atoms with Crippen molar-refractivity contribution in [3.05, 3.63) is 53.1 Å². The highest BCUT2D eigenvalue weighted by Crippen LogP contribution is 2.59. The number of benzene rings is 1. The third-order valence-electron chi connectivity index (χ3n) is 11.8. The van der Waals surface area contributed by atoms with Gasteiger partial charge in [-0.25, -0.2) is 14.4 Å². The zero-order valence-electron chi connectivity index (χ0n) is 34.4. The topological polar surface area (TPSA) is 193 Å². The second-order valence-corrected chi connectivity index (χ2v) is 18.3. The number of hydrogen-bond acceptors (Lipinski definition) is 13. The fourth-order valence-electron chi connectivity index (χ4n) is 8.50. The molecule has 320 valence electrons. The van der Waals surface area contributed by atoms with Gasteiger partial charge in [-0.1, -0.05) is 32.0 Å². The molecule has 3 aliphatic carbocycles. The number of aliphatic hydroxyl groups excluding tert-OH is 1. The molecule has 3 aliphatic heterocycles. The van der Waals surface area contributed by atoms with Crippen molar-refractivity contribution < 1.29 is 62.3 Å². The number of nitrogens with zero attached hydrogens (tertiary/aromatic N) is 1. The number of carbonyl (C=O) groups is 6. The number of nitrogens with one attached hydrogen (secondary N) is 1. The van der Waals surface area contributed by atoms with E-state index in [4.69, 9.17) is 28.4 Å². The summed E-state index contributed by atoms with van der Waals surface area (Å²) in [5, 5.41) is 12.8. The fourth-order valence-corrected chi connectivity index (χ4v) is 8.50. The Morgan fingerprint density at radius 3 is 2.37 bits per heavy atom. The van der Waals surface area contributed by atoms with E-state index in [1.54, 1.807) is 65.0 Å². The van der Waals surface area contributed by atoms with E-state index in [1.165, 1.54) is 11.0 Å². The molecule has 0 bridgehead atoms. The number of carbonyl (C=O) groups excluding carboxylic acids is 6. The summed E-state index contributed by atoms with van der Waals surface area (Å²) in [6.07, 6.45) is 5.96. The number of fused-ring (bicyclic) bond motifs is 1. The third kappa shape index (κ3) is 9.57. The van der Waals surface area contributed by atoms with E-state index in [0.29, 0.717) is 30.5 Å². The molecule has 3 saturated heterocycles. The highest BCUT2D eigenvalue weighted by Gasteiger charge is 2.64. The molecule has 6 atom stereocenters. The van der Waals surface area contributed by atoms with Crippen LogP contribution >= 0.6 is 0 Å². The van der Waals surface area contributed by atoms with Gasteiger partial charge in [0, 0.05) is 48.3 Å². The van der Waals surface area contributed by atoms with Crippen molar-refractivity contribution >= 4 is 41.8 Å². The molecule has 0 radical (unpaired) electrons. The number of ether oxygens (including phenoxy) is 6. The number of cyclic esters (lactones) is 1. The SMILES string of the molecule is CC(C)(C)OC(=O)CCC(CO)NC(=O)C1CCCN1C(=O)C1=CC2OC(C3CC3)(C3CC3)OC2C(OC(=O)c2ccccc2C=CC(=O)OC2C(=O)OCC2(C)C)C1. The lowest BCUT2D eigenvalue weighted by Gasteiger charge is -2.33. The predicted octanol–water partition coefficient (Wildman–Crippen LogP) is 3.94. The van der Waals surface area contributed by atoms with Crippen LogP contribution in [-0.4, -0.2) is 113 Å². The van der Waals surface area contributed by atoms with Crippen molar-refractivity contribution in [3.8, 4) is 0 Å². The van der Waals surface area contributed by atoms with Gasteiger partial charge in [-0.15, -0.1) is 0 Å². The molecule has 0 aromatic heterocycles. The minimum absolute atomic E-state index is 0.00112. The van der Waals surface area contributed by atoms with Crippen molar-refractivity contribution in [1.29, 1.82) is 0 Å². The molecule has 6 unspecified atom stereocenters. The van der Waals surface area contributed by atoms with Crippen molar-refractivity contribution in [2.75, 3.05) is 19.8 Å². The summed E-state index contributed by atoms with van der Waals surface area (Å²) in [5.41, 5.74) is -0.485. The molecule has 1 aromatic carbocycles. The molecule has 3 heterocycles. The van der Waals surface area contributed by atoms with Crippen molar-refractivity contribution in [2.24, 2.45) is 17.3 Å². The Labute approximate surface area is 344 Å². The lowest BCUT2D eigenvalue weighted by molar-refractivity contribution is -0.209. The van der Waals surface area contributed by atoms with Gasteiger partial charge in [0.05, 0.1) is 18.2 Å². The number of aliphatic hydroxyl groups is 1. The summed E-state index contributed by atoms with van der Waals surface area (Å²) in [7, 11) is 0. The highest BCUT2D eigenvalue weighted by atomic mass is 16.8. The van der Waals surface area contributed by atoms with Gasteiger partial charge in [0.2, 0.25) is 17.9 Å². The quantitative estimate of drug-likeness (QED) is 0.156. The maximum atomic E-state index is 14.4. The van der Waals surface area contributed by atoms with E-state index in [1.807, 2.05) is 0 Å². The van der Waals surface area contributed by atoms with Crippen LogP contribution in [0.1, 0.15) is 108 Å². The van der Waals surface area contributed by atoms with Gasteiger partial charge in [-0.3, -0.25) is 14.4 Å². The standard InChI is InChI=1S/C44H56N2O13/c1-42(2,3)58-35(49)19-17-29(23-47)45-38(50)31-11-8-20-46(31)39(51)26-21-32(36-33(22-26)57-44(59-36,27-13-14-27)28-15-16-28)55-40(52)30-10-7-6-9-25(30)12-18-34(48)56-37-41(53)54-24-43(37,4)5/h6-7,9-10,12,18,22,27-29,31-33,36-37,47H,8,11,13-17,19-21,23-24H2,1-5H3,(H,45,50). The summed E-state index contributed by atoms with van der Waals surface area (Å²) < 4.78 is 35.6. The fraction of sp³-hybridized carbons (Fsp3) is 0.636. The Hall–Kier alpha value is -4.60. The molecule has 2 saturated carbocycles. The van der Waals surface area contributed by atoms with E-state index >= 15 is 0 Å². The zero-order chi connectivity index (χ0) is 42.3. The Morgan fingerprint density at radius 1 is 1.02 bits per heavy atom. The van der Waals surface area contributed by atoms with Crippen molar-refractivity contribution in [1.82, 2.24) is 10.2 Å². The predicted molar refractivity (Wildman–Crippen MR) is 209 cm³/mol. The lowest BCUT2D eigenvalue weighted by Crippen LogP contribution is -2.51. The van der Waals surface area contributed by atoms with E-state index in [-0.39, 0.29) is 49.2 Å². The van der Waals surface area contributed by atoms with Gasteiger partial charge >= 0.3 is 23.9 Å². The van der Waals surface area contributed by atoms with E-state index in [9.17, 15) is 33.9 Å². The van der Waals surface area contributed by atoms with Crippen LogP contribution < -0.4 is 5.32 Å². The average Bonchev–Trinajstić information content (AvgIpc) is 4.12. The number of rotatable bonds is 14. The van der Waals surface area contributed by atoms with E-state index in [0.717, 1.165) is 31.8 Å². The Morgan fingerprint density at radius 2 is 1.73 bits per heavy atom. The molecule has 5 fully saturated rings. The maximum absolute atomic E-state index is 14.4. The van der Waals surface area contributed by atoms with Gasteiger partial charge < -0.3 is 43.7 Å². The molecule has 2 amide bonds. The average molecular weight is 821 g/mol. The minimum atomic E-state index is -1.06. The summed E-state index contributed by atoms with van der Waals surface area (Å²) >= 11 is 0. The smallest absolute Gasteiger partial charge is 0.348 e. The molecule has 7 rings (SSSR count). The van der Waals surface area contributed by atoms with Crippen LogP contribution in [0.3, 0.4) is 0 Å². The van der Waals surface area contributed by atoms with E-state index in [2.05, 4.69) is 5.32 Å². The molecule has 59 heavy (non-hydrogen) atoms. The molecule has 6 aliphatic rings. The van der Waals surface area contributed by atoms with Crippen LogP contribution in [-0.2, 0) is 52.4 Å². The summed E-state index contributed by atoms with van der Waals surface area (Å²) in [4.78, 5) is 80.8. The first-order valence-corrected chi connectivity index (χ1v) is 20.8. The molecule has 15 heteroatoms. The number of likely N-dealkylation sites (tertiary alicyclic amines) is 1. The molecular weight excluding hydrogens is 764 g/mol. The molecular formula is C44H56N2O13. The minimum Gasteiger partial charge on any atom is -0.462 e. The highest BCUT2D eigenvalue weighted by molar-refractivity contribution is 5.99. The van der Waals surface area contributed by atoms with Crippen LogP contribution in [0.15, 0.2) is 42.0 Å². The first-order chi connectivity index (χ1) is 28.0.